The van der Waals surface area contributed by atoms with E-state index in [1.807, 2.05) is 60.7 Å². The van der Waals surface area contributed by atoms with Crippen LogP contribution < -0.4 is 11.1 Å². The van der Waals surface area contributed by atoms with E-state index in [4.69, 9.17) is 5.73 Å². The van der Waals surface area contributed by atoms with E-state index in [0.29, 0.717) is 5.00 Å². The Morgan fingerprint density at radius 2 is 1.68 bits per heavy atom. The molecule has 22 heavy (non-hydrogen) atoms. The molecule has 2 aromatic carbocycles. The summed E-state index contributed by atoms with van der Waals surface area (Å²) in [6, 6.07) is 18.5. The van der Waals surface area contributed by atoms with Crippen LogP contribution in [0.25, 0.3) is 10.6 Å². The van der Waals surface area contributed by atoms with Gasteiger partial charge in [-0.2, -0.15) is 0 Å². The molecule has 3 rings (SSSR count). The lowest BCUT2D eigenvalue weighted by Gasteiger charge is -2.10. The third kappa shape index (κ3) is 3.21. The van der Waals surface area contributed by atoms with Crippen molar-refractivity contribution in [3.05, 3.63) is 72.4 Å². The van der Waals surface area contributed by atoms with Crippen LogP contribution in [0.2, 0.25) is 0 Å². The molecule has 0 spiro atoms. The Morgan fingerprint density at radius 3 is 2.36 bits per heavy atom. The number of anilines is 1. The van der Waals surface area contributed by atoms with Crippen LogP contribution in [-0.4, -0.2) is 10.9 Å². The predicted molar refractivity (Wildman–Crippen MR) is 89.6 cm³/mol. The zero-order chi connectivity index (χ0) is 15.4. The van der Waals surface area contributed by atoms with Gasteiger partial charge in [0.1, 0.15) is 16.1 Å². The molecule has 1 amide bonds. The van der Waals surface area contributed by atoms with Crippen molar-refractivity contribution in [3.63, 3.8) is 0 Å². The molecule has 1 heterocycles. The molecule has 0 aliphatic rings. The lowest BCUT2D eigenvalue weighted by atomic mass is 10.1. The number of benzene rings is 2. The van der Waals surface area contributed by atoms with Crippen molar-refractivity contribution in [3.8, 4) is 10.6 Å². The molecule has 0 saturated heterocycles. The highest BCUT2D eigenvalue weighted by Crippen LogP contribution is 2.28. The van der Waals surface area contributed by atoms with Crippen LogP contribution in [0.4, 0.5) is 5.00 Å². The van der Waals surface area contributed by atoms with E-state index in [1.165, 1.54) is 11.3 Å². The highest BCUT2D eigenvalue weighted by molar-refractivity contribution is 7.19. The van der Waals surface area contributed by atoms with E-state index in [0.717, 1.165) is 16.1 Å². The van der Waals surface area contributed by atoms with Gasteiger partial charge in [0.25, 0.3) is 0 Å². The second kappa shape index (κ2) is 6.51. The third-order valence-corrected chi connectivity index (χ3v) is 4.18. The van der Waals surface area contributed by atoms with Gasteiger partial charge in [-0.15, -0.1) is 0 Å². The van der Waals surface area contributed by atoms with Crippen LogP contribution in [0.5, 0.6) is 0 Å². The second-order valence-corrected chi connectivity index (χ2v) is 5.80. The summed E-state index contributed by atoms with van der Waals surface area (Å²) >= 11 is 1.43. The summed E-state index contributed by atoms with van der Waals surface area (Å²) < 4.78 is 0. The molecule has 3 N–H and O–H groups in total. The van der Waals surface area contributed by atoms with Gasteiger partial charge in [-0.1, -0.05) is 72.0 Å². The minimum atomic E-state index is -0.691. The molecule has 1 unspecified atom stereocenters. The number of hydrogen-bond donors (Lipinski definition) is 2. The smallest absolute Gasteiger partial charge is 0.246 e. The van der Waals surface area contributed by atoms with Crippen molar-refractivity contribution < 1.29 is 4.79 Å². The highest BCUT2D eigenvalue weighted by atomic mass is 32.1. The van der Waals surface area contributed by atoms with Crippen molar-refractivity contribution in [1.82, 2.24) is 4.98 Å². The van der Waals surface area contributed by atoms with Crippen LogP contribution in [0.3, 0.4) is 0 Å². The van der Waals surface area contributed by atoms with Crippen LogP contribution >= 0.6 is 11.3 Å². The molecular weight excluding hydrogens is 294 g/mol. The van der Waals surface area contributed by atoms with Crippen LogP contribution in [-0.2, 0) is 4.79 Å². The Balaban J connectivity index is 1.71. The molecule has 0 saturated carbocycles. The first-order valence-electron chi connectivity index (χ1n) is 6.86. The number of nitrogens with zero attached hydrogens (tertiary/aromatic N) is 1. The maximum Gasteiger partial charge on any atom is 0.246 e. The molecule has 0 bridgehead atoms. The summed E-state index contributed by atoms with van der Waals surface area (Å²) in [4.78, 5) is 16.5. The van der Waals surface area contributed by atoms with Gasteiger partial charge in [-0.05, 0) is 5.56 Å². The van der Waals surface area contributed by atoms with E-state index in [2.05, 4.69) is 10.3 Å². The van der Waals surface area contributed by atoms with Crippen molar-refractivity contribution in [1.29, 1.82) is 0 Å². The Kier molecular flexibility index (Phi) is 4.27. The van der Waals surface area contributed by atoms with Gasteiger partial charge in [0.05, 0.1) is 6.20 Å². The molecular formula is C17H15N3OS. The van der Waals surface area contributed by atoms with Crippen LogP contribution in [0.1, 0.15) is 11.6 Å². The van der Waals surface area contributed by atoms with Gasteiger partial charge in [0, 0.05) is 5.56 Å². The monoisotopic (exact) mass is 309 g/mol. The molecule has 0 aliphatic heterocycles. The predicted octanol–water partition coefficient (Wildman–Crippen LogP) is 3.45. The van der Waals surface area contributed by atoms with Crippen LogP contribution in [0.15, 0.2) is 66.9 Å². The normalized spacial score (nSPS) is 11.9. The van der Waals surface area contributed by atoms with Crippen molar-refractivity contribution in [2.75, 3.05) is 5.32 Å². The van der Waals surface area contributed by atoms with Gasteiger partial charge in [-0.3, -0.25) is 4.79 Å². The number of carbonyl (C=O) groups excluding carboxylic acids is 1. The maximum absolute atomic E-state index is 12.2. The number of carbonyl (C=O) groups is 1. The zero-order valence-electron chi connectivity index (χ0n) is 11.8. The van der Waals surface area contributed by atoms with Gasteiger partial charge in [-0.25, -0.2) is 4.98 Å². The van der Waals surface area contributed by atoms with Crippen molar-refractivity contribution in [2.24, 2.45) is 5.73 Å². The number of thiazole rings is 1. The minimum Gasteiger partial charge on any atom is -0.316 e. The Morgan fingerprint density at radius 1 is 1.05 bits per heavy atom. The fraction of sp³-hybridized carbons (Fsp3) is 0.0588. The van der Waals surface area contributed by atoms with E-state index < -0.39 is 6.04 Å². The number of hydrogen-bond acceptors (Lipinski definition) is 4. The fourth-order valence-corrected chi connectivity index (χ4v) is 2.88. The molecule has 4 nitrogen and oxygen atoms in total. The average molecular weight is 309 g/mol. The number of nitrogens with one attached hydrogen (secondary N) is 1. The zero-order valence-corrected chi connectivity index (χ0v) is 12.6. The first-order valence-corrected chi connectivity index (χ1v) is 7.68. The fourth-order valence-electron chi connectivity index (χ4n) is 2.06. The van der Waals surface area contributed by atoms with Gasteiger partial charge >= 0.3 is 0 Å². The molecule has 1 aromatic heterocycles. The van der Waals surface area contributed by atoms with Crippen LogP contribution in [0, 0.1) is 0 Å². The number of nitrogens with two attached hydrogens (primary N) is 1. The van der Waals surface area contributed by atoms with E-state index in [1.54, 1.807) is 6.20 Å². The summed E-state index contributed by atoms with van der Waals surface area (Å²) in [5.74, 6) is -0.241. The summed E-state index contributed by atoms with van der Waals surface area (Å²) in [6.45, 7) is 0. The quantitative estimate of drug-likeness (QED) is 0.775. The number of amides is 1. The molecule has 110 valence electrons. The lowest BCUT2D eigenvalue weighted by molar-refractivity contribution is -0.117. The average Bonchev–Trinajstić information content (AvgIpc) is 3.04. The molecule has 5 heteroatoms. The van der Waals surface area contributed by atoms with Gasteiger partial charge < -0.3 is 11.1 Å². The topological polar surface area (TPSA) is 68.0 Å². The van der Waals surface area contributed by atoms with Crippen molar-refractivity contribution >= 4 is 22.2 Å². The molecule has 0 fully saturated rings. The first kappa shape index (κ1) is 14.4. The maximum atomic E-state index is 12.2. The summed E-state index contributed by atoms with van der Waals surface area (Å²) in [5.41, 5.74) is 7.79. The standard InChI is InChI=1S/C17H15N3OS/c18-15(12-7-3-1-4-8-12)16(21)20-14-11-19-17(22-14)13-9-5-2-6-10-13/h1-11,15H,18H2,(H,20,21). The molecule has 3 aromatic rings. The summed E-state index contributed by atoms with van der Waals surface area (Å²) in [5, 5.41) is 4.38. The largest absolute Gasteiger partial charge is 0.316 e. The Bertz CT molecular complexity index is 756. The summed E-state index contributed by atoms with van der Waals surface area (Å²) in [6.07, 6.45) is 1.66. The lowest BCUT2D eigenvalue weighted by Crippen LogP contribution is -2.27. The highest BCUT2D eigenvalue weighted by Gasteiger charge is 2.16. The van der Waals surface area contributed by atoms with Crippen molar-refractivity contribution in [2.45, 2.75) is 6.04 Å². The molecule has 0 radical (unpaired) electrons. The van der Waals surface area contributed by atoms with Gasteiger partial charge in [0.15, 0.2) is 0 Å². The summed E-state index contributed by atoms with van der Waals surface area (Å²) in [7, 11) is 0. The van der Waals surface area contributed by atoms with E-state index >= 15 is 0 Å². The van der Waals surface area contributed by atoms with E-state index in [-0.39, 0.29) is 5.91 Å². The Labute approximate surface area is 132 Å². The molecule has 1 atom stereocenters. The third-order valence-electron chi connectivity index (χ3n) is 3.21. The first-order chi connectivity index (χ1) is 10.7. The van der Waals surface area contributed by atoms with E-state index in [9.17, 15) is 4.79 Å². The number of aromatic nitrogens is 1. The SMILES string of the molecule is NC(C(=O)Nc1cnc(-c2ccccc2)s1)c1ccccc1. The minimum absolute atomic E-state index is 0.241. The number of rotatable bonds is 4. The second-order valence-electron chi connectivity index (χ2n) is 4.77. The van der Waals surface area contributed by atoms with Gasteiger partial charge in [0.2, 0.25) is 5.91 Å². The Hall–Kier alpha value is -2.50. The molecule has 0 aliphatic carbocycles.